The van der Waals surface area contributed by atoms with E-state index in [-0.39, 0.29) is 5.78 Å². The molecule has 0 amide bonds. The Balaban J connectivity index is 1.77. The molecule has 0 aliphatic carbocycles. The summed E-state index contributed by atoms with van der Waals surface area (Å²) in [4.78, 5) is 14.9. The molecule has 136 valence electrons. The van der Waals surface area contributed by atoms with Gasteiger partial charge in [0.25, 0.3) is 0 Å². The number of morpholine rings is 1. The van der Waals surface area contributed by atoms with E-state index in [1.54, 1.807) is 13.2 Å². The van der Waals surface area contributed by atoms with Crippen LogP contribution in [-0.4, -0.2) is 44.1 Å². The van der Waals surface area contributed by atoms with Gasteiger partial charge < -0.3 is 9.47 Å². The number of benzene rings is 2. The maximum Gasteiger partial charge on any atom is 0.185 e. The number of hydrogen-bond donors (Lipinski definition) is 0. The monoisotopic (exact) mass is 351 g/mol. The average molecular weight is 351 g/mol. The van der Waals surface area contributed by atoms with Gasteiger partial charge in [-0.1, -0.05) is 30.3 Å². The summed E-state index contributed by atoms with van der Waals surface area (Å²) in [5.41, 5.74) is 3.92. The van der Waals surface area contributed by atoms with Gasteiger partial charge in [-0.3, -0.25) is 9.69 Å². The molecule has 0 N–H and O–H groups in total. The van der Waals surface area contributed by atoms with Crippen molar-refractivity contribution in [3.8, 4) is 5.75 Å². The molecule has 2 aromatic carbocycles. The molecule has 26 heavy (non-hydrogen) atoms. The van der Waals surface area contributed by atoms with E-state index in [2.05, 4.69) is 4.90 Å². The van der Waals surface area contributed by atoms with E-state index in [0.717, 1.165) is 55.3 Å². The largest absolute Gasteiger partial charge is 0.496 e. The van der Waals surface area contributed by atoms with Crippen molar-refractivity contribution >= 4 is 11.9 Å². The summed E-state index contributed by atoms with van der Waals surface area (Å²) < 4.78 is 10.9. The Kier molecular flexibility index (Phi) is 6.21. The summed E-state index contributed by atoms with van der Waals surface area (Å²) in [6, 6.07) is 13.7. The lowest BCUT2D eigenvalue weighted by molar-refractivity contribution is 0.0338. The van der Waals surface area contributed by atoms with Crippen molar-refractivity contribution in [2.24, 2.45) is 0 Å². The first-order valence-electron chi connectivity index (χ1n) is 8.92. The van der Waals surface area contributed by atoms with Crippen molar-refractivity contribution in [3.05, 3.63) is 70.8 Å². The van der Waals surface area contributed by atoms with Crippen molar-refractivity contribution in [1.29, 1.82) is 0 Å². The molecule has 0 spiro atoms. The molecule has 0 unspecified atom stereocenters. The molecule has 3 rings (SSSR count). The molecule has 1 saturated heterocycles. The average Bonchev–Trinajstić information content (AvgIpc) is 2.68. The van der Waals surface area contributed by atoms with Gasteiger partial charge in [0.15, 0.2) is 5.78 Å². The number of methoxy groups -OCH3 is 1. The zero-order valence-electron chi connectivity index (χ0n) is 15.4. The van der Waals surface area contributed by atoms with Gasteiger partial charge in [-0.25, -0.2) is 0 Å². The smallest absolute Gasteiger partial charge is 0.185 e. The van der Waals surface area contributed by atoms with Crippen LogP contribution in [0, 0.1) is 6.92 Å². The highest BCUT2D eigenvalue weighted by Gasteiger charge is 2.15. The van der Waals surface area contributed by atoms with Crippen molar-refractivity contribution < 1.29 is 14.3 Å². The summed E-state index contributed by atoms with van der Waals surface area (Å²) in [6.45, 7) is 6.09. The molecule has 4 heteroatoms. The lowest BCUT2D eigenvalue weighted by atomic mass is 10.0. The molecule has 0 radical (unpaired) electrons. The molecule has 2 aromatic rings. The molecule has 0 atom stereocenters. The van der Waals surface area contributed by atoms with Crippen LogP contribution in [0.3, 0.4) is 0 Å². The fourth-order valence-electron chi connectivity index (χ4n) is 3.09. The lowest BCUT2D eigenvalue weighted by Crippen LogP contribution is -2.35. The fourth-order valence-corrected chi connectivity index (χ4v) is 3.09. The number of carbonyl (C=O) groups is 1. The number of aryl methyl sites for hydroxylation is 1. The van der Waals surface area contributed by atoms with Crippen LogP contribution >= 0.6 is 0 Å². The predicted molar refractivity (Wildman–Crippen MR) is 104 cm³/mol. The molecule has 0 saturated carbocycles. The van der Waals surface area contributed by atoms with Crippen LogP contribution in [0.4, 0.5) is 0 Å². The standard InChI is InChI=1S/C22H25NO3/c1-17-5-3-4-6-18(17)7-9-21(24)19-8-10-22(25-2)20(15-19)16-23-11-13-26-14-12-23/h3-10,15H,11-14,16H2,1-2H3/b9-7+. The van der Waals surface area contributed by atoms with Crippen LogP contribution in [0.5, 0.6) is 5.75 Å². The second-order valence-corrected chi connectivity index (χ2v) is 6.47. The summed E-state index contributed by atoms with van der Waals surface area (Å²) in [5.74, 6) is 0.815. The number of nitrogens with zero attached hydrogens (tertiary/aromatic N) is 1. The van der Waals surface area contributed by atoms with Gasteiger partial charge in [0.05, 0.1) is 20.3 Å². The Morgan fingerprint density at radius 2 is 1.96 bits per heavy atom. The molecule has 0 bridgehead atoms. The van der Waals surface area contributed by atoms with E-state index in [9.17, 15) is 4.79 Å². The first-order valence-corrected chi connectivity index (χ1v) is 8.92. The fraction of sp³-hybridized carbons (Fsp3) is 0.318. The Labute approximate surface area is 155 Å². The summed E-state index contributed by atoms with van der Waals surface area (Å²) in [5, 5.41) is 0. The second kappa shape index (κ2) is 8.79. The van der Waals surface area contributed by atoms with Crippen LogP contribution in [0.25, 0.3) is 6.08 Å². The third-order valence-corrected chi connectivity index (χ3v) is 4.67. The number of ketones is 1. The minimum absolute atomic E-state index is 0.000802. The first-order chi connectivity index (χ1) is 12.7. The minimum Gasteiger partial charge on any atom is -0.496 e. The van der Waals surface area contributed by atoms with Crippen LogP contribution in [0.15, 0.2) is 48.5 Å². The molecular weight excluding hydrogens is 326 g/mol. The highest BCUT2D eigenvalue weighted by Crippen LogP contribution is 2.23. The van der Waals surface area contributed by atoms with Gasteiger partial charge in [0.1, 0.15) is 5.75 Å². The van der Waals surface area contributed by atoms with Crippen molar-refractivity contribution in [1.82, 2.24) is 4.90 Å². The molecule has 1 fully saturated rings. The van der Waals surface area contributed by atoms with Gasteiger partial charge in [0, 0.05) is 30.8 Å². The quantitative estimate of drug-likeness (QED) is 0.587. The summed E-state index contributed by atoms with van der Waals surface area (Å²) in [7, 11) is 1.66. The molecule has 4 nitrogen and oxygen atoms in total. The van der Waals surface area contributed by atoms with E-state index in [4.69, 9.17) is 9.47 Å². The Hall–Kier alpha value is -2.43. The van der Waals surface area contributed by atoms with Gasteiger partial charge in [-0.05, 0) is 42.3 Å². The SMILES string of the molecule is COc1ccc(C(=O)/C=C/c2ccccc2C)cc1CN1CCOCC1. The van der Waals surface area contributed by atoms with Crippen molar-refractivity contribution in [2.75, 3.05) is 33.4 Å². The molecule has 1 aliphatic heterocycles. The minimum atomic E-state index is -0.000802. The molecule has 1 heterocycles. The highest BCUT2D eigenvalue weighted by molar-refractivity contribution is 6.07. The number of carbonyl (C=O) groups excluding carboxylic acids is 1. The van der Waals surface area contributed by atoms with E-state index in [0.29, 0.717) is 5.56 Å². The topological polar surface area (TPSA) is 38.8 Å². The lowest BCUT2D eigenvalue weighted by Gasteiger charge is -2.27. The van der Waals surface area contributed by atoms with Crippen molar-refractivity contribution in [2.45, 2.75) is 13.5 Å². The zero-order valence-corrected chi connectivity index (χ0v) is 15.4. The van der Waals surface area contributed by atoms with Crippen molar-refractivity contribution in [3.63, 3.8) is 0 Å². The van der Waals surface area contributed by atoms with Gasteiger partial charge >= 0.3 is 0 Å². The van der Waals surface area contributed by atoms with Gasteiger partial charge in [0.2, 0.25) is 0 Å². The Morgan fingerprint density at radius 3 is 2.69 bits per heavy atom. The normalized spacial score (nSPS) is 15.3. The van der Waals surface area contributed by atoms with Crippen LogP contribution in [0.2, 0.25) is 0 Å². The Morgan fingerprint density at radius 1 is 1.19 bits per heavy atom. The van der Waals surface area contributed by atoms with Crippen LogP contribution in [-0.2, 0) is 11.3 Å². The maximum absolute atomic E-state index is 12.6. The van der Waals surface area contributed by atoms with E-state index >= 15 is 0 Å². The maximum atomic E-state index is 12.6. The van der Waals surface area contributed by atoms with E-state index < -0.39 is 0 Å². The molecule has 1 aliphatic rings. The number of allylic oxidation sites excluding steroid dienone is 1. The first kappa shape index (κ1) is 18.4. The molecule has 0 aromatic heterocycles. The van der Waals surface area contributed by atoms with Crippen LogP contribution < -0.4 is 4.74 Å². The predicted octanol–water partition coefficient (Wildman–Crippen LogP) is 3.73. The summed E-state index contributed by atoms with van der Waals surface area (Å²) >= 11 is 0. The van der Waals surface area contributed by atoms with Gasteiger partial charge in [-0.15, -0.1) is 0 Å². The third kappa shape index (κ3) is 4.59. The number of hydrogen-bond acceptors (Lipinski definition) is 4. The highest BCUT2D eigenvalue weighted by atomic mass is 16.5. The van der Waals surface area contributed by atoms with E-state index in [1.807, 2.05) is 55.5 Å². The summed E-state index contributed by atoms with van der Waals surface area (Å²) in [6.07, 6.45) is 3.52. The zero-order chi connectivity index (χ0) is 18.4. The number of rotatable bonds is 6. The number of ether oxygens (including phenoxy) is 2. The molecular formula is C22H25NO3. The van der Waals surface area contributed by atoms with Crippen LogP contribution in [0.1, 0.15) is 27.0 Å². The second-order valence-electron chi connectivity index (χ2n) is 6.47. The Bertz CT molecular complexity index is 792. The van der Waals surface area contributed by atoms with E-state index in [1.165, 1.54) is 0 Å². The van der Waals surface area contributed by atoms with Gasteiger partial charge in [-0.2, -0.15) is 0 Å². The third-order valence-electron chi connectivity index (χ3n) is 4.67.